The van der Waals surface area contributed by atoms with E-state index in [4.69, 9.17) is 0 Å². The molecule has 0 aliphatic carbocycles. The molecule has 2 heteroatoms. The third-order valence-corrected chi connectivity index (χ3v) is 2.75. The van der Waals surface area contributed by atoms with Crippen molar-refractivity contribution in [2.24, 2.45) is 5.92 Å². The number of hydrogen-bond acceptors (Lipinski definition) is 2. The molecule has 1 unspecified atom stereocenters. The topological polar surface area (TPSA) is 29.1 Å². The molecule has 0 bridgehead atoms. The Bertz CT molecular complexity index is 329. The second-order valence-electron chi connectivity index (χ2n) is 4.34. The van der Waals surface area contributed by atoms with E-state index in [9.17, 15) is 4.79 Å². The van der Waals surface area contributed by atoms with Crippen LogP contribution in [0.25, 0.3) is 0 Å². The van der Waals surface area contributed by atoms with Gasteiger partial charge in [-0.2, -0.15) is 0 Å². The zero-order valence-corrected chi connectivity index (χ0v) is 10.4. The minimum absolute atomic E-state index is 0.0984. The van der Waals surface area contributed by atoms with E-state index >= 15 is 0 Å². The van der Waals surface area contributed by atoms with E-state index in [2.05, 4.69) is 31.3 Å². The molecule has 0 spiro atoms. The van der Waals surface area contributed by atoms with Gasteiger partial charge in [-0.25, -0.2) is 0 Å². The quantitative estimate of drug-likeness (QED) is 0.795. The normalized spacial score (nSPS) is 12.4. The highest BCUT2D eigenvalue weighted by molar-refractivity contribution is 5.83. The maximum absolute atomic E-state index is 11.9. The number of carbonyl (C=O) groups is 1. The fourth-order valence-electron chi connectivity index (χ4n) is 1.56. The van der Waals surface area contributed by atoms with Gasteiger partial charge in [-0.15, -0.1) is 0 Å². The van der Waals surface area contributed by atoms with Crippen LogP contribution in [0.2, 0.25) is 0 Å². The zero-order chi connectivity index (χ0) is 12.0. The number of aryl methyl sites for hydroxylation is 1. The lowest BCUT2D eigenvalue weighted by Crippen LogP contribution is -2.27. The van der Waals surface area contributed by atoms with Crippen LogP contribution in [-0.4, -0.2) is 18.9 Å². The highest BCUT2D eigenvalue weighted by Crippen LogP contribution is 2.07. The van der Waals surface area contributed by atoms with Crippen LogP contribution in [0.5, 0.6) is 0 Å². The first-order chi connectivity index (χ1) is 7.63. The molecule has 0 aromatic heterocycles. The summed E-state index contributed by atoms with van der Waals surface area (Å²) in [5, 5.41) is 3.20. The predicted molar refractivity (Wildman–Crippen MR) is 67.6 cm³/mol. The molecule has 2 nitrogen and oxygen atoms in total. The average Bonchev–Trinajstić information content (AvgIpc) is 2.29. The molecule has 0 saturated carbocycles. The fourth-order valence-corrected chi connectivity index (χ4v) is 1.56. The van der Waals surface area contributed by atoms with Gasteiger partial charge >= 0.3 is 0 Å². The van der Waals surface area contributed by atoms with Crippen LogP contribution in [0.1, 0.15) is 25.0 Å². The maximum Gasteiger partial charge on any atom is 0.141 e. The Morgan fingerprint density at radius 2 is 1.94 bits per heavy atom. The Morgan fingerprint density at radius 1 is 1.31 bits per heavy atom. The van der Waals surface area contributed by atoms with Crippen LogP contribution in [0.15, 0.2) is 24.3 Å². The van der Waals surface area contributed by atoms with Crippen molar-refractivity contribution >= 4 is 5.78 Å². The number of rotatable bonds is 6. The van der Waals surface area contributed by atoms with Crippen LogP contribution >= 0.6 is 0 Å². The lowest BCUT2D eigenvalue weighted by molar-refractivity contribution is -0.121. The summed E-state index contributed by atoms with van der Waals surface area (Å²) in [6, 6.07) is 8.18. The van der Waals surface area contributed by atoms with Gasteiger partial charge in [-0.05, 0) is 19.0 Å². The summed E-state index contributed by atoms with van der Waals surface area (Å²) in [4.78, 5) is 11.9. The van der Waals surface area contributed by atoms with Crippen molar-refractivity contribution in [2.75, 3.05) is 13.1 Å². The Morgan fingerprint density at radius 3 is 2.50 bits per heavy atom. The molecule has 0 amide bonds. The number of ketones is 1. The van der Waals surface area contributed by atoms with Crippen molar-refractivity contribution in [1.82, 2.24) is 5.32 Å². The van der Waals surface area contributed by atoms with Crippen molar-refractivity contribution in [3.8, 4) is 0 Å². The Kier molecular flexibility index (Phi) is 5.20. The number of carbonyl (C=O) groups excluding carboxylic acids is 1. The van der Waals surface area contributed by atoms with Crippen LogP contribution in [0.4, 0.5) is 0 Å². The van der Waals surface area contributed by atoms with E-state index in [0.717, 1.165) is 18.7 Å². The van der Waals surface area contributed by atoms with Crippen LogP contribution in [0, 0.1) is 12.8 Å². The molecule has 1 N–H and O–H groups in total. The predicted octanol–water partition coefficient (Wildman–Crippen LogP) is 2.35. The minimum Gasteiger partial charge on any atom is -0.316 e. The highest BCUT2D eigenvalue weighted by Gasteiger charge is 2.12. The van der Waals surface area contributed by atoms with Gasteiger partial charge in [-0.3, -0.25) is 4.79 Å². The van der Waals surface area contributed by atoms with E-state index in [1.165, 1.54) is 5.56 Å². The van der Waals surface area contributed by atoms with Gasteiger partial charge in [0.2, 0.25) is 0 Å². The molecule has 1 atom stereocenters. The second kappa shape index (κ2) is 6.44. The summed E-state index contributed by atoms with van der Waals surface area (Å²) < 4.78 is 0. The number of benzene rings is 1. The minimum atomic E-state index is 0.0984. The molecule has 0 aliphatic rings. The molecule has 0 saturated heterocycles. The Labute approximate surface area is 98.1 Å². The number of hydrogen-bond donors (Lipinski definition) is 1. The first-order valence-corrected chi connectivity index (χ1v) is 5.92. The standard InChI is InChI=1S/C14H21NO/c1-4-15-10-12(3)14(16)9-13-7-5-11(2)6-8-13/h5-8,12,15H,4,9-10H2,1-3H3. The summed E-state index contributed by atoms with van der Waals surface area (Å²) in [5.74, 6) is 0.408. The van der Waals surface area contributed by atoms with Gasteiger partial charge in [0.15, 0.2) is 0 Å². The van der Waals surface area contributed by atoms with E-state index < -0.39 is 0 Å². The Balaban J connectivity index is 2.47. The van der Waals surface area contributed by atoms with Crippen LogP contribution < -0.4 is 5.32 Å². The van der Waals surface area contributed by atoms with Crippen molar-refractivity contribution in [3.63, 3.8) is 0 Å². The first-order valence-electron chi connectivity index (χ1n) is 5.92. The first kappa shape index (κ1) is 12.9. The fraction of sp³-hybridized carbons (Fsp3) is 0.500. The SMILES string of the molecule is CCNCC(C)C(=O)Cc1ccc(C)cc1. The maximum atomic E-state index is 11.9. The highest BCUT2D eigenvalue weighted by atomic mass is 16.1. The van der Waals surface area contributed by atoms with Gasteiger partial charge in [0, 0.05) is 18.9 Å². The second-order valence-corrected chi connectivity index (χ2v) is 4.34. The smallest absolute Gasteiger partial charge is 0.141 e. The largest absolute Gasteiger partial charge is 0.316 e. The van der Waals surface area contributed by atoms with E-state index in [1.54, 1.807) is 0 Å². The molecule has 0 heterocycles. The monoisotopic (exact) mass is 219 g/mol. The molecule has 0 aliphatic heterocycles. The third kappa shape index (κ3) is 4.15. The molecule has 16 heavy (non-hydrogen) atoms. The molecule has 0 fully saturated rings. The van der Waals surface area contributed by atoms with Gasteiger partial charge in [0.25, 0.3) is 0 Å². The third-order valence-electron chi connectivity index (χ3n) is 2.75. The van der Waals surface area contributed by atoms with Crippen molar-refractivity contribution < 1.29 is 4.79 Å². The molecule has 88 valence electrons. The zero-order valence-electron chi connectivity index (χ0n) is 10.4. The molecule has 1 aromatic rings. The summed E-state index contributed by atoms with van der Waals surface area (Å²) in [7, 11) is 0. The summed E-state index contributed by atoms with van der Waals surface area (Å²) in [6.45, 7) is 7.79. The number of Topliss-reactive ketones (excluding diaryl/α,β-unsaturated/α-hetero) is 1. The van der Waals surface area contributed by atoms with Crippen LogP contribution in [0.3, 0.4) is 0 Å². The molecular formula is C14H21NO. The van der Waals surface area contributed by atoms with E-state index in [1.807, 2.05) is 19.1 Å². The van der Waals surface area contributed by atoms with Crippen molar-refractivity contribution in [1.29, 1.82) is 0 Å². The lowest BCUT2D eigenvalue weighted by Gasteiger charge is -2.10. The van der Waals surface area contributed by atoms with Gasteiger partial charge in [0.1, 0.15) is 5.78 Å². The van der Waals surface area contributed by atoms with Gasteiger partial charge < -0.3 is 5.32 Å². The van der Waals surface area contributed by atoms with E-state index in [-0.39, 0.29) is 5.92 Å². The molecule has 1 rings (SSSR count). The number of nitrogens with one attached hydrogen (secondary N) is 1. The molecule has 0 radical (unpaired) electrons. The van der Waals surface area contributed by atoms with Crippen LogP contribution in [-0.2, 0) is 11.2 Å². The molecule has 1 aromatic carbocycles. The van der Waals surface area contributed by atoms with E-state index in [0.29, 0.717) is 12.2 Å². The van der Waals surface area contributed by atoms with Crippen molar-refractivity contribution in [3.05, 3.63) is 35.4 Å². The summed E-state index contributed by atoms with van der Waals surface area (Å²) in [5.41, 5.74) is 2.34. The summed E-state index contributed by atoms with van der Waals surface area (Å²) in [6.07, 6.45) is 0.548. The summed E-state index contributed by atoms with van der Waals surface area (Å²) >= 11 is 0. The Hall–Kier alpha value is -1.15. The van der Waals surface area contributed by atoms with Gasteiger partial charge in [0.05, 0.1) is 0 Å². The lowest BCUT2D eigenvalue weighted by atomic mass is 9.99. The van der Waals surface area contributed by atoms with Gasteiger partial charge in [-0.1, -0.05) is 43.7 Å². The van der Waals surface area contributed by atoms with Crippen molar-refractivity contribution in [2.45, 2.75) is 27.2 Å². The average molecular weight is 219 g/mol. The molecular weight excluding hydrogens is 198 g/mol.